The van der Waals surface area contributed by atoms with Crippen LogP contribution in [-0.2, 0) is 0 Å². The Kier molecular flexibility index (Phi) is 16.3. The monoisotopic (exact) mass is 758 g/mol. The molecule has 58 heavy (non-hydrogen) atoms. The van der Waals surface area contributed by atoms with Crippen LogP contribution in [-0.4, -0.2) is 6.54 Å². The average Bonchev–Trinajstić information content (AvgIpc) is 3.32. The Labute approximate surface area is 349 Å². The summed E-state index contributed by atoms with van der Waals surface area (Å²) in [5.74, 6) is 0. The Balaban J connectivity index is 1.56. The van der Waals surface area contributed by atoms with Gasteiger partial charge in [0.1, 0.15) is 0 Å². The van der Waals surface area contributed by atoms with Gasteiger partial charge in [0.05, 0.1) is 0 Å². The zero-order valence-electron chi connectivity index (χ0n) is 35.0. The van der Waals surface area contributed by atoms with E-state index in [1.807, 2.05) is 0 Å². The van der Waals surface area contributed by atoms with Crippen LogP contribution in [0.4, 0.5) is 11.4 Å². The van der Waals surface area contributed by atoms with Crippen molar-refractivity contribution in [2.24, 2.45) is 0 Å². The molecule has 0 radical (unpaired) electrons. The van der Waals surface area contributed by atoms with Crippen LogP contribution in [0, 0.1) is 0 Å². The highest BCUT2D eigenvalue weighted by Gasteiger charge is 2.18. The first-order valence-electron chi connectivity index (χ1n) is 20.3. The fourth-order valence-electron chi connectivity index (χ4n) is 6.77. The molecule has 0 unspecified atom stereocenters. The molecule has 1 heterocycles. The van der Waals surface area contributed by atoms with E-state index in [0.29, 0.717) is 0 Å². The van der Waals surface area contributed by atoms with Gasteiger partial charge in [-0.2, -0.15) is 0 Å². The summed E-state index contributed by atoms with van der Waals surface area (Å²) in [6, 6.07) is 29.8. The number of benzene rings is 3. The van der Waals surface area contributed by atoms with Crippen LogP contribution in [0.15, 0.2) is 253 Å². The van der Waals surface area contributed by atoms with Crippen LogP contribution in [0.5, 0.6) is 0 Å². The highest BCUT2D eigenvalue weighted by Crippen LogP contribution is 2.36. The minimum atomic E-state index is 0.753. The zero-order chi connectivity index (χ0) is 41.1. The van der Waals surface area contributed by atoms with Gasteiger partial charge in [-0.3, -0.25) is 0 Å². The van der Waals surface area contributed by atoms with Crippen molar-refractivity contribution >= 4 is 22.5 Å². The maximum absolute atomic E-state index is 4.75. The quantitative estimate of drug-likeness (QED) is 0.151. The van der Waals surface area contributed by atoms with E-state index in [-0.39, 0.29) is 0 Å². The van der Waals surface area contributed by atoms with Gasteiger partial charge in [0.15, 0.2) is 0 Å². The van der Waals surface area contributed by atoms with Crippen LogP contribution in [0.3, 0.4) is 0 Å². The average molecular weight is 759 g/mol. The van der Waals surface area contributed by atoms with Gasteiger partial charge < -0.3 is 9.80 Å². The summed E-state index contributed by atoms with van der Waals surface area (Å²) in [7, 11) is 0. The molecule has 0 amide bonds. The van der Waals surface area contributed by atoms with Gasteiger partial charge in [-0.1, -0.05) is 178 Å². The summed E-state index contributed by atoms with van der Waals surface area (Å²) in [6.45, 7) is 20.6. The lowest BCUT2D eigenvalue weighted by Crippen LogP contribution is -2.22. The van der Waals surface area contributed by atoms with E-state index in [2.05, 4.69) is 251 Å². The lowest BCUT2D eigenvalue weighted by atomic mass is 9.91. The maximum atomic E-state index is 4.75. The minimum Gasteiger partial charge on any atom is -0.341 e. The predicted molar refractivity (Wildman–Crippen MR) is 256 cm³/mol. The Morgan fingerprint density at radius 2 is 1.64 bits per heavy atom. The second-order valence-corrected chi connectivity index (χ2v) is 14.1. The lowest BCUT2D eigenvalue weighted by Gasteiger charge is -2.27. The van der Waals surface area contributed by atoms with Crippen molar-refractivity contribution in [1.29, 1.82) is 0 Å². The Hall–Kier alpha value is -6.64. The van der Waals surface area contributed by atoms with Crippen molar-refractivity contribution < 1.29 is 0 Å². The van der Waals surface area contributed by atoms with E-state index >= 15 is 0 Å². The van der Waals surface area contributed by atoms with Gasteiger partial charge in [-0.05, 0) is 122 Å². The summed E-state index contributed by atoms with van der Waals surface area (Å²) < 4.78 is 0. The standard InChI is InChI=1S/C56H58N2/c1-8-11-35-55-46(6)56(36-21-22-41-57(47(55)7)53-32-19-14-20-33-53)51-30-23-34-54(43-51)58(42-24-31-49(25-9-2)50-28-17-13-18-29-50)52(10-3)40-38-45(5)44(4)37-39-48-26-15-12-16-27-48/h9-26,28-40,42-43H,5-6,8,27,41H2,1-4,7H3/b22-21-,25-9-,35-11-,40-38-,42-24+,44-37+,48-39-,49-31+,52-10+,55-47-,56-36+. The van der Waals surface area contributed by atoms with E-state index in [1.165, 1.54) is 11.1 Å². The molecule has 0 atom stereocenters. The normalized spacial score (nSPS) is 19.3. The summed E-state index contributed by atoms with van der Waals surface area (Å²) in [5, 5.41) is 0. The molecule has 1 aliphatic heterocycles. The van der Waals surface area contributed by atoms with Crippen molar-refractivity contribution in [3.8, 4) is 0 Å². The van der Waals surface area contributed by atoms with Gasteiger partial charge in [0, 0.05) is 41.1 Å². The summed E-state index contributed by atoms with van der Waals surface area (Å²) in [4.78, 5) is 4.60. The molecule has 1 aliphatic carbocycles. The van der Waals surface area contributed by atoms with Gasteiger partial charge in [0.2, 0.25) is 0 Å². The Bertz CT molecular complexity index is 2320. The molecule has 2 aliphatic rings. The number of nitrogens with zero attached hydrogens (tertiary/aromatic N) is 2. The topological polar surface area (TPSA) is 6.48 Å². The number of hydrogen-bond donors (Lipinski definition) is 0. The molecule has 0 bridgehead atoms. The van der Waals surface area contributed by atoms with Crippen LogP contribution < -0.4 is 9.80 Å². The third kappa shape index (κ3) is 11.7. The number of allylic oxidation sites excluding steroid dienone is 25. The first-order chi connectivity index (χ1) is 28.3. The van der Waals surface area contributed by atoms with Crippen molar-refractivity contribution in [1.82, 2.24) is 0 Å². The van der Waals surface area contributed by atoms with E-state index in [9.17, 15) is 0 Å². The molecule has 0 saturated carbocycles. The van der Waals surface area contributed by atoms with Crippen LogP contribution in [0.1, 0.15) is 58.6 Å². The largest absolute Gasteiger partial charge is 0.341 e. The fraction of sp³-hybridized carbons (Fsp3) is 0.143. The fourth-order valence-corrected chi connectivity index (χ4v) is 6.77. The van der Waals surface area contributed by atoms with Crippen LogP contribution >= 0.6 is 0 Å². The van der Waals surface area contributed by atoms with Crippen molar-refractivity contribution in [3.63, 3.8) is 0 Å². The molecule has 3 aromatic carbocycles. The van der Waals surface area contributed by atoms with E-state index in [4.69, 9.17) is 6.58 Å². The first-order valence-corrected chi connectivity index (χ1v) is 20.3. The second kappa shape index (κ2) is 22.2. The second-order valence-electron chi connectivity index (χ2n) is 14.1. The number of rotatable bonds is 14. The van der Waals surface area contributed by atoms with E-state index < -0.39 is 0 Å². The minimum absolute atomic E-state index is 0.753. The van der Waals surface area contributed by atoms with Gasteiger partial charge in [-0.25, -0.2) is 0 Å². The van der Waals surface area contributed by atoms with Gasteiger partial charge in [-0.15, -0.1) is 0 Å². The third-order valence-electron chi connectivity index (χ3n) is 10.1. The molecule has 0 spiro atoms. The van der Waals surface area contributed by atoms with Gasteiger partial charge in [0.25, 0.3) is 0 Å². The van der Waals surface area contributed by atoms with Crippen molar-refractivity contribution in [2.75, 3.05) is 16.3 Å². The highest BCUT2D eigenvalue weighted by atomic mass is 15.1. The van der Waals surface area contributed by atoms with Crippen LogP contribution in [0.25, 0.3) is 11.1 Å². The van der Waals surface area contributed by atoms with Gasteiger partial charge >= 0.3 is 0 Å². The number of anilines is 2. The molecule has 5 rings (SSSR count). The summed E-state index contributed by atoms with van der Waals surface area (Å²) in [5.41, 5.74) is 14.3. The molecule has 0 fully saturated rings. The van der Waals surface area contributed by atoms with Crippen LogP contribution in [0.2, 0.25) is 0 Å². The van der Waals surface area contributed by atoms with E-state index in [1.54, 1.807) is 0 Å². The third-order valence-corrected chi connectivity index (χ3v) is 10.1. The molecule has 2 nitrogen and oxygen atoms in total. The summed E-state index contributed by atoms with van der Waals surface area (Å²) >= 11 is 0. The van der Waals surface area contributed by atoms with Crippen molar-refractivity contribution in [3.05, 3.63) is 264 Å². The predicted octanol–water partition coefficient (Wildman–Crippen LogP) is 15.3. The summed E-state index contributed by atoms with van der Waals surface area (Å²) in [6.07, 6.45) is 42.9. The molecule has 0 N–H and O–H groups in total. The molecule has 0 saturated heterocycles. The Morgan fingerprint density at radius 1 is 0.862 bits per heavy atom. The number of para-hydroxylation sites is 1. The molecule has 2 heteroatoms. The molecule has 3 aromatic rings. The Morgan fingerprint density at radius 3 is 2.34 bits per heavy atom. The first kappa shape index (κ1) is 42.5. The van der Waals surface area contributed by atoms with Crippen molar-refractivity contribution in [2.45, 2.75) is 47.5 Å². The molecule has 292 valence electrons. The molecule has 0 aromatic heterocycles. The SMILES string of the molecule is C=C1/C(c2cccc(N(/C=C/C=C(\C=C/C)c3ccccc3)C(/C=C\C(=C)/C(C)=C/C=C3/C=CC=CC3)=C/C)c2)=C\C=C/CN(c2ccccc2)/C(C)=C1/C=C\CC. The lowest BCUT2D eigenvalue weighted by molar-refractivity contribution is 0.996. The zero-order valence-corrected chi connectivity index (χ0v) is 35.0. The number of hydrogen-bond acceptors (Lipinski definition) is 2. The molecular weight excluding hydrogens is 701 g/mol. The maximum Gasteiger partial charge on any atom is 0.0461 e. The molecular formula is C56H58N2. The highest BCUT2D eigenvalue weighted by molar-refractivity contribution is 5.87. The smallest absolute Gasteiger partial charge is 0.0461 e. The van der Waals surface area contributed by atoms with E-state index in [0.717, 1.165) is 81.2 Å².